The maximum absolute atomic E-state index is 11.7. The smallest absolute Gasteiger partial charge is 0.255 e. The van der Waals surface area contributed by atoms with E-state index in [1.54, 1.807) is 24.3 Å². The van der Waals surface area contributed by atoms with E-state index in [2.05, 4.69) is 5.32 Å². The van der Waals surface area contributed by atoms with Gasteiger partial charge in [0.05, 0.1) is 0 Å². The van der Waals surface area contributed by atoms with Crippen molar-refractivity contribution >= 4 is 17.5 Å². The van der Waals surface area contributed by atoms with Crippen molar-refractivity contribution in [3.63, 3.8) is 0 Å². The summed E-state index contributed by atoms with van der Waals surface area (Å²) in [5, 5.41) is 2.76. The van der Waals surface area contributed by atoms with E-state index in [1.165, 1.54) is 0 Å². The lowest BCUT2D eigenvalue weighted by Gasteiger charge is -2.17. The highest BCUT2D eigenvalue weighted by Gasteiger charge is 2.13. The SMILES string of the molecule is CC(C)(N)CCC(=O)Nc1ccc(OCC(N)=O)cc1. The minimum absolute atomic E-state index is 0.0886. The molecular weight excluding hydrogens is 258 g/mol. The summed E-state index contributed by atoms with van der Waals surface area (Å²) in [6.07, 6.45) is 0.974. The number of benzene rings is 1. The monoisotopic (exact) mass is 279 g/mol. The molecule has 0 aliphatic heterocycles. The van der Waals surface area contributed by atoms with Gasteiger partial charge in [0.15, 0.2) is 6.61 Å². The standard InChI is InChI=1S/C14H21N3O3/c1-14(2,16)8-7-13(19)17-10-3-5-11(6-4-10)20-9-12(15)18/h3-6H,7-9,16H2,1-2H3,(H2,15,18)(H,17,19). The van der Waals surface area contributed by atoms with E-state index in [0.29, 0.717) is 24.3 Å². The van der Waals surface area contributed by atoms with Crippen LogP contribution in [0.1, 0.15) is 26.7 Å². The van der Waals surface area contributed by atoms with Crippen LogP contribution in [-0.2, 0) is 9.59 Å². The predicted molar refractivity (Wildman–Crippen MR) is 77.3 cm³/mol. The Hall–Kier alpha value is -2.08. The molecule has 0 heterocycles. The maximum atomic E-state index is 11.7. The third-order valence-corrected chi connectivity index (χ3v) is 2.52. The third kappa shape index (κ3) is 6.75. The largest absolute Gasteiger partial charge is 0.484 e. The van der Waals surface area contributed by atoms with E-state index in [1.807, 2.05) is 13.8 Å². The highest BCUT2D eigenvalue weighted by atomic mass is 16.5. The molecule has 1 rings (SSSR count). The lowest BCUT2D eigenvalue weighted by Crippen LogP contribution is -2.33. The molecule has 1 aromatic rings. The topological polar surface area (TPSA) is 107 Å². The summed E-state index contributed by atoms with van der Waals surface area (Å²) in [6.45, 7) is 3.59. The Morgan fingerprint density at radius 2 is 1.85 bits per heavy atom. The molecule has 0 atom stereocenters. The average molecular weight is 279 g/mol. The second kappa shape index (κ2) is 6.91. The molecule has 0 saturated heterocycles. The summed E-state index contributed by atoms with van der Waals surface area (Å²) in [5.74, 6) is -0.106. The van der Waals surface area contributed by atoms with E-state index in [-0.39, 0.29) is 18.1 Å². The van der Waals surface area contributed by atoms with Crippen LogP contribution in [0.15, 0.2) is 24.3 Å². The summed E-state index contributed by atoms with van der Waals surface area (Å²) in [4.78, 5) is 22.3. The second-order valence-corrected chi connectivity index (χ2v) is 5.32. The van der Waals surface area contributed by atoms with E-state index >= 15 is 0 Å². The Morgan fingerprint density at radius 3 is 2.35 bits per heavy atom. The molecule has 110 valence electrons. The van der Waals surface area contributed by atoms with Gasteiger partial charge in [0.1, 0.15) is 5.75 Å². The van der Waals surface area contributed by atoms with Crippen LogP contribution in [0, 0.1) is 0 Å². The zero-order valence-corrected chi connectivity index (χ0v) is 11.8. The minimum Gasteiger partial charge on any atom is -0.484 e. The van der Waals surface area contributed by atoms with Gasteiger partial charge in [0.2, 0.25) is 5.91 Å². The maximum Gasteiger partial charge on any atom is 0.255 e. The fourth-order valence-electron chi connectivity index (χ4n) is 1.45. The summed E-state index contributed by atoms with van der Waals surface area (Å²) >= 11 is 0. The number of nitrogens with two attached hydrogens (primary N) is 2. The Labute approximate surface area is 118 Å². The molecule has 0 bridgehead atoms. The first-order chi connectivity index (χ1) is 9.26. The average Bonchev–Trinajstić information content (AvgIpc) is 2.35. The first kappa shape index (κ1) is 16.0. The van der Waals surface area contributed by atoms with Gasteiger partial charge in [0, 0.05) is 17.6 Å². The Balaban J connectivity index is 2.44. The number of nitrogens with one attached hydrogen (secondary N) is 1. The molecule has 0 fully saturated rings. The highest BCUT2D eigenvalue weighted by Crippen LogP contribution is 2.16. The van der Waals surface area contributed by atoms with Crippen molar-refractivity contribution in [2.45, 2.75) is 32.2 Å². The van der Waals surface area contributed by atoms with Gasteiger partial charge in [-0.2, -0.15) is 0 Å². The van der Waals surface area contributed by atoms with Gasteiger partial charge in [-0.05, 0) is 44.5 Å². The molecule has 6 heteroatoms. The molecule has 5 N–H and O–H groups in total. The number of amides is 2. The Bertz CT molecular complexity index is 464. The molecule has 0 aliphatic carbocycles. The van der Waals surface area contributed by atoms with Crippen LogP contribution in [0.25, 0.3) is 0 Å². The zero-order chi connectivity index (χ0) is 15.2. The molecule has 0 radical (unpaired) electrons. The van der Waals surface area contributed by atoms with E-state index in [9.17, 15) is 9.59 Å². The highest BCUT2D eigenvalue weighted by molar-refractivity contribution is 5.90. The molecule has 2 amide bonds. The van der Waals surface area contributed by atoms with E-state index in [4.69, 9.17) is 16.2 Å². The normalized spacial score (nSPS) is 10.9. The summed E-state index contributed by atoms with van der Waals surface area (Å²) < 4.78 is 5.12. The van der Waals surface area contributed by atoms with Crippen molar-refractivity contribution in [3.8, 4) is 5.75 Å². The van der Waals surface area contributed by atoms with Gasteiger partial charge < -0.3 is 21.5 Å². The summed E-state index contributed by atoms with van der Waals surface area (Å²) in [6, 6.07) is 6.71. The molecule has 0 aliphatic rings. The second-order valence-electron chi connectivity index (χ2n) is 5.32. The molecule has 6 nitrogen and oxygen atoms in total. The molecular formula is C14H21N3O3. The Kier molecular flexibility index (Phi) is 5.52. The first-order valence-electron chi connectivity index (χ1n) is 6.36. The van der Waals surface area contributed by atoms with Gasteiger partial charge in [-0.1, -0.05) is 0 Å². The van der Waals surface area contributed by atoms with Crippen LogP contribution in [-0.4, -0.2) is 24.0 Å². The van der Waals surface area contributed by atoms with E-state index < -0.39 is 5.91 Å². The third-order valence-electron chi connectivity index (χ3n) is 2.52. The quantitative estimate of drug-likeness (QED) is 0.692. The van der Waals surface area contributed by atoms with Crippen LogP contribution in [0.3, 0.4) is 0 Å². The first-order valence-corrected chi connectivity index (χ1v) is 6.36. The van der Waals surface area contributed by atoms with Crippen molar-refractivity contribution < 1.29 is 14.3 Å². The van der Waals surface area contributed by atoms with Crippen LogP contribution in [0.2, 0.25) is 0 Å². The number of primary amides is 1. The molecule has 1 aromatic carbocycles. The number of rotatable bonds is 7. The number of anilines is 1. The summed E-state index contributed by atoms with van der Waals surface area (Å²) in [5.41, 5.74) is 11.1. The predicted octanol–water partition coefficient (Wildman–Crippen LogP) is 1.01. The molecule has 0 saturated carbocycles. The summed E-state index contributed by atoms with van der Waals surface area (Å²) in [7, 11) is 0. The molecule has 0 spiro atoms. The van der Waals surface area contributed by atoms with Gasteiger partial charge in [-0.15, -0.1) is 0 Å². The number of carbonyl (C=O) groups is 2. The number of hydrogen-bond donors (Lipinski definition) is 3. The Morgan fingerprint density at radius 1 is 1.25 bits per heavy atom. The number of carbonyl (C=O) groups excluding carboxylic acids is 2. The van der Waals surface area contributed by atoms with Gasteiger partial charge >= 0.3 is 0 Å². The zero-order valence-electron chi connectivity index (χ0n) is 11.8. The minimum atomic E-state index is -0.535. The van der Waals surface area contributed by atoms with Crippen LogP contribution < -0.4 is 21.5 Å². The van der Waals surface area contributed by atoms with Crippen molar-refractivity contribution in [2.24, 2.45) is 11.5 Å². The molecule has 0 aromatic heterocycles. The van der Waals surface area contributed by atoms with Crippen molar-refractivity contribution in [2.75, 3.05) is 11.9 Å². The lowest BCUT2D eigenvalue weighted by atomic mass is 10.00. The van der Waals surface area contributed by atoms with Gasteiger partial charge in [-0.3, -0.25) is 9.59 Å². The fraction of sp³-hybridized carbons (Fsp3) is 0.429. The van der Waals surface area contributed by atoms with Crippen molar-refractivity contribution in [3.05, 3.63) is 24.3 Å². The molecule has 0 unspecified atom stereocenters. The van der Waals surface area contributed by atoms with Gasteiger partial charge in [0.25, 0.3) is 5.91 Å². The number of hydrogen-bond acceptors (Lipinski definition) is 4. The van der Waals surface area contributed by atoms with Crippen LogP contribution in [0.5, 0.6) is 5.75 Å². The molecule has 20 heavy (non-hydrogen) atoms. The van der Waals surface area contributed by atoms with Crippen LogP contribution in [0.4, 0.5) is 5.69 Å². The van der Waals surface area contributed by atoms with Gasteiger partial charge in [-0.25, -0.2) is 0 Å². The number of ether oxygens (including phenoxy) is 1. The fourth-order valence-corrected chi connectivity index (χ4v) is 1.45. The van der Waals surface area contributed by atoms with Crippen LogP contribution >= 0.6 is 0 Å². The van der Waals surface area contributed by atoms with Crippen molar-refractivity contribution in [1.82, 2.24) is 0 Å². The van der Waals surface area contributed by atoms with E-state index in [0.717, 1.165) is 0 Å². The van der Waals surface area contributed by atoms with Crippen molar-refractivity contribution in [1.29, 1.82) is 0 Å². The lowest BCUT2D eigenvalue weighted by molar-refractivity contribution is -0.120.